The smallest absolute Gasteiger partial charge is 0.148 e. The fourth-order valence-corrected chi connectivity index (χ4v) is 3.00. The average Bonchev–Trinajstić information content (AvgIpc) is 2.91. The number of aliphatic hydroxyl groups is 1. The minimum atomic E-state index is -1.11. The van der Waals surface area contributed by atoms with E-state index < -0.39 is 5.60 Å². The van der Waals surface area contributed by atoms with Crippen LogP contribution in [0.1, 0.15) is 17.8 Å². The van der Waals surface area contributed by atoms with Crippen LogP contribution in [0.25, 0.3) is 11.0 Å². The summed E-state index contributed by atoms with van der Waals surface area (Å²) in [5.74, 6) is 0.687. The molecule has 0 amide bonds. The molecule has 3 rings (SSSR count). The highest BCUT2D eigenvalue weighted by atomic mass is 16.3. The maximum absolute atomic E-state index is 11.6. The summed E-state index contributed by atoms with van der Waals surface area (Å²) in [6, 6.07) is 17.8. The molecule has 23 heavy (non-hydrogen) atoms. The maximum Gasteiger partial charge on any atom is 0.148 e. The van der Waals surface area contributed by atoms with E-state index in [0.717, 1.165) is 23.1 Å². The summed E-state index contributed by atoms with van der Waals surface area (Å²) in [6.07, 6.45) is 0.584. The van der Waals surface area contributed by atoms with E-state index in [-0.39, 0.29) is 0 Å². The first kappa shape index (κ1) is 15.7. The van der Waals surface area contributed by atoms with Gasteiger partial charge in [0.25, 0.3) is 0 Å². The number of para-hydroxylation sites is 2. The predicted octanol–water partition coefficient (Wildman–Crippen LogP) is 2.76. The first-order chi connectivity index (χ1) is 11.0. The standard InChI is InChI=1S/C19H23N3O/c1-21(2)14-13-19(23,15-9-5-4-6-10-15)18-20-16-11-7-8-12-17(16)22(18)3/h4-12,23H,13-14H2,1-3H3/t19-/m0/s1. The molecular formula is C19H23N3O. The lowest BCUT2D eigenvalue weighted by molar-refractivity contribution is 0.0517. The van der Waals surface area contributed by atoms with Crippen molar-refractivity contribution in [2.45, 2.75) is 12.0 Å². The molecule has 0 aliphatic rings. The van der Waals surface area contributed by atoms with Gasteiger partial charge in [0.15, 0.2) is 0 Å². The first-order valence-corrected chi connectivity index (χ1v) is 7.87. The van der Waals surface area contributed by atoms with Crippen molar-refractivity contribution in [2.75, 3.05) is 20.6 Å². The number of hydrogen-bond acceptors (Lipinski definition) is 3. The van der Waals surface area contributed by atoms with Crippen LogP contribution in [0.4, 0.5) is 0 Å². The molecule has 0 unspecified atom stereocenters. The van der Waals surface area contributed by atoms with Crippen LogP contribution < -0.4 is 0 Å². The van der Waals surface area contributed by atoms with Gasteiger partial charge in [-0.3, -0.25) is 0 Å². The molecule has 0 spiro atoms. The molecule has 120 valence electrons. The second-order valence-electron chi connectivity index (χ2n) is 6.26. The number of hydrogen-bond donors (Lipinski definition) is 1. The Morgan fingerprint density at radius 2 is 1.70 bits per heavy atom. The molecule has 1 aromatic heterocycles. The monoisotopic (exact) mass is 309 g/mol. The van der Waals surface area contributed by atoms with Crippen molar-refractivity contribution < 1.29 is 5.11 Å². The number of fused-ring (bicyclic) bond motifs is 1. The van der Waals surface area contributed by atoms with Crippen LogP contribution in [0.15, 0.2) is 54.6 Å². The molecule has 1 N–H and O–H groups in total. The zero-order valence-electron chi connectivity index (χ0n) is 13.9. The van der Waals surface area contributed by atoms with Crippen molar-refractivity contribution >= 4 is 11.0 Å². The Balaban J connectivity index is 2.15. The number of aromatic nitrogens is 2. The molecule has 0 saturated carbocycles. The van der Waals surface area contributed by atoms with Crippen LogP contribution in [-0.2, 0) is 12.6 Å². The third-order valence-electron chi connectivity index (χ3n) is 4.33. The highest BCUT2D eigenvalue weighted by Crippen LogP contribution is 2.34. The van der Waals surface area contributed by atoms with Crippen molar-refractivity contribution in [1.82, 2.24) is 14.5 Å². The number of aryl methyl sites for hydroxylation is 1. The van der Waals surface area contributed by atoms with Crippen LogP contribution in [-0.4, -0.2) is 40.2 Å². The summed E-state index contributed by atoms with van der Waals surface area (Å²) in [4.78, 5) is 6.81. The molecule has 4 nitrogen and oxygen atoms in total. The molecule has 3 aromatic rings. The van der Waals surface area contributed by atoms with E-state index in [1.165, 1.54) is 0 Å². The summed E-state index contributed by atoms with van der Waals surface area (Å²) in [6.45, 7) is 0.772. The molecule has 0 aliphatic heterocycles. The fraction of sp³-hybridized carbons (Fsp3) is 0.316. The first-order valence-electron chi connectivity index (χ1n) is 7.87. The summed E-state index contributed by atoms with van der Waals surface area (Å²) < 4.78 is 2.00. The van der Waals surface area contributed by atoms with Gasteiger partial charge in [0.05, 0.1) is 11.0 Å². The second-order valence-corrected chi connectivity index (χ2v) is 6.26. The normalized spacial score (nSPS) is 14.3. The van der Waals surface area contributed by atoms with Crippen LogP contribution in [0.5, 0.6) is 0 Å². The molecule has 0 radical (unpaired) electrons. The van der Waals surface area contributed by atoms with E-state index in [2.05, 4.69) is 4.90 Å². The zero-order valence-corrected chi connectivity index (χ0v) is 13.9. The summed E-state index contributed by atoms with van der Waals surface area (Å²) in [5, 5.41) is 11.6. The number of benzene rings is 2. The Morgan fingerprint density at radius 3 is 2.35 bits per heavy atom. The summed E-state index contributed by atoms with van der Waals surface area (Å²) >= 11 is 0. The molecule has 0 saturated heterocycles. The van der Waals surface area contributed by atoms with Gasteiger partial charge in [0.2, 0.25) is 0 Å². The highest BCUT2D eigenvalue weighted by molar-refractivity contribution is 5.76. The highest BCUT2D eigenvalue weighted by Gasteiger charge is 2.36. The molecule has 2 aromatic carbocycles. The fourth-order valence-electron chi connectivity index (χ4n) is 3.00. The second kappa shape index (κ2) is 6.14. The Morgan fingerprint density at radius 1 is 1.04 bits per heavy atom. The lowest BCUT2D eigenvalue weighted by Gasteiger charge is -2.29. The van der Waals surface area contributed by atoms with Crippen LogP contribution in [0.3, 0.4) is 0 Å². The maximum atomic E-state index is 11.6. The Kier molecular flexibility index (Phi) is 4.20. The van der Waals surface area contributed by atoms with E-state index in [4.69, 9.17) is 4.98 Å². The third-order valence-corrected chi connectivity index (χ3v) is 4.33. The lowest BCUT2D eigenvalue weighted by Crippen LogP contribution is -2.34. The van der Waals surface area contributed by atoms with Crippen molar-refractivity contribution in [3.05, 3.63) is 66.0 Å². The molecule has 4 heteroatoms. The van der Waals surface area contributed by atoms with E-state index in [1.807, 2.05) is 80.3 Å². The van der Waals surface area contributed by atoms with Crippen LogP contribution in [0.2, 0.25) is 0 Å². The Labute approximate surface area is 137 Å². The van der Waals surface area contributed by atoms with Gasteiger partial charge in [0.1, 0.15) is 11.4 Å². The third kappa shape index (κ3) is 2.87. The van der Waals surface area contributed by atoms with E-state index >= 15 is 0 Å². The predicted molar refractivity (Wildman–Crippen MR) is 93.3 cm³/mol. The molecule has 1 heterocycles. The molecule has 0 bridgehead atoms. The molecular weight excluding hydrogens is 286 g/mol. The van der Waals surface area contributed by atoms with Gasteiger partial charge in [-0.1, -0.05) is 42.5 Å². The average molecular weight is 309 g/mol. The van der Waals surface area contributed by atoms with Crippen LogP contribution in [0, 0.1) is 0 Å². The largest absolute Gasteiger partial charge is 0.377 e. The van der Waals surface area contributed by atoms with Crippen molar-refractivity contribution in [3.8, 4) is 0 Å². The minimum absolute atomic E-state index is 0.584. The minimum Gasteiger partial charge on any atom is -0.377 e. The Bertz CT molecular complexity index is 795. The molecule has 0 fully saturated rings. The van der Waals surface area contributed by atoms with Gasteiger partial charge in [-0.15, -0.1) is 0 Å². The van der Waals surface area contributed by atoms with Gasteiger partial charge >= 0.3 is 0 Å². The lowest BCUT2D eigenvalue weighted by atomic mass is 9.89. The summed E-state index contributed by atoms with van der Waals surface area (Å²) in [7, 11) is 5.99. The molecule has 0 aliphatic carbocycles. The molecule has 1 atom stereocenters. The summed E-state index contributed by atoms with van der Waals surface area (Å²) in [5.41, 5.74) is 1.70. The topological polar surface area (TPSA) is 41.3 Å². The van der Waals surface area contributed by atoms with Gasteiger partial charge in [-0.2, -0.15) is 0 Å². The van der Waals surface area contributed by atoms with Gasteiger partial charge in [-0.25, -0.2) is 4.98 Å². The van der Waals surface area contributed by atoms with Crippen LogP contribution >= 0.6 is 0 Å². The number of nitrogens with zero attached hydrogens (tertiary/aromatic N) is 3. The van der Waals surface area contributed by atoms with Crippen molar-refractivity contribution in [1.29, 1.82) is 0 Å². The van der Waals surface area contributed by atoms with Gasteiger partial charge < -0.3 is 14.6 Å². The quantitative estimate of drug-likeness (QED) is 0.788. The van der Waals surface area contributed by atoms with Crippen molar-refractivity contribution in [3.63, 3.8) is 0 Å². The van der Waals surface area contributed by atoms with E-state index in [1.54, 1.807) is 0 Å². The number of imidazole rings is 1. The SMILES string of the molecule is CN(C)CC[C@](O)(c1ccccc1)c1nc2ccccc2n1C. The Hall–Kier alpha value is -2.17. The van der Waals surface area contributed by atoms with Crippen molar-refractivity contribution in [2.24, 2.45) is 7.05 Å². The van der Waals surface area contributed by atoms with E-state index in [9.17, 15) is 5.11 Å². The van der Waals surface area contributed by atoms with E-state index in [0.29, 0.717) is 12.2 Å². The zero-order chi connectivity index (χ0) is 16.4. The van der Waals surface area contributed by atoms with Gasteiger partial charge in [0, 0.05) is 20.0 Å². The van der Waals surface area contributed by atoms with Gasteiger partial charge in [-0.05, 0) is 31.8 Å². The number of rotatable bonds is 5.